The van der Waals surface area contributed by atoms with Crippen LogP contribution in [0.2, 0.25) is 5.02 Å². The van der Waals surface area contributed by atoms with E-state index in [0.717, 1.165) is 12.8 Å². The molecule has 144 valence electrons. The first-order chi connectivity index (χ1) is 12.9. The zero-order valence-corrected chi connectivity index (χ0v) is 17.5. The van der Waals surface area contributed by atoms with Gasteiger partial charge in [0, 0.05) is 18.0 Å². The van der Waals surface area contributed by atoms with Gasteiger partial charge in [0.15, 0.2) is 11.0 Å². The van der Waals surface area contributed by atoms with Crippen molar-refractivity contribution in [3.8, 4) is 0 Å². The minimum Gasteiger partial charge on any atom is -0.338 e. The molecule has 0 saturated heterocycles. The molecule has 0 radical (unpaired) electrons. The van der Waals surface area contributed by atoms with Crippen molar-refractivity contribution in [3.05, 3.63) is 45.3 Å². The van der Waals surface area contributed by atoms with Crippen molar-refractivity contribution in [1.29, 1.82) is 0 Å². The topological polar surface area (TPSA) is 73.8 Å². The van der Waals surface area contributed by atoms with Crippen LogP contribution in [-0.4, -0.2) is 19.7 Å². The van der Waals surface area contributed by atoms with Gasteiger partial charge in [0.05, 0.1) is 16.2 Å². The molecule has 2 aromatic heterocycles. The summed E-state index contributed by atoms with van der Waals surface area (Å²) >= 11 is 7.52. The first-order valence-electron chi connectivity index (χ1n) is 9.08. The summed E-state index contributed by atoms with van der Waals surface area (Å²) in [6.07, 6.45) is 1.75. The summed E-state index contributed by atoms with van der Waals surface area (Å²) in [6, 6.07) is 5.20. The van der Waals surface area contributed by atoms with Crippen LogP contribution in [-0.2, 0) is 13.0 Å². The average Bonchev–Trinajstić information content (AvgIpc) is 3.08. The molecule has 27 heavy (non-hydrogen) atoms. The summed E-state index contributed by atoms with van der Waals surface area (Å²) in [5.41, 5.74) is 0.555. The highest BCUT2D eigenvalue weighted by atomic mass is 35.5. The molecule has 0 N–H and O–H groups in total. The molecule has 0 unspecified atom stereocenters. The van der Waals surface area contributed by atoms with Crippen molar-refractivity contribution in [1.82, 2.24) is 19.7 Å². The molecule has 0 aliphatic rings. The summed E-state index contributed by atoms with van der Waals surface area (Å²) in [6.45, 7) is 8.77. The van der Waals surface area contributed by atoms with Gasteiger partial charge < -0.3 is 4.52 Å². The van der Waals surface area contributed by atoms with E-state index in [1.54, 1.807) is 22.8 Å². The average molecular weight is 407 g/mol. The van der Waals surface area contributed by atoms with Crippen molar-refractivity contribution in [3.63, 3.8) is 0 Å². The number of aromatic nitrogens is 4. The Morgan fingerprint density at radius 1 is 1.26 bits per heavy atom. The number of benzene rings is 1. The lowest BCUT2D eigenvalue weighted by molar-refractivity contribution is 0.374. The standard InChI is InChI=1S/C19H23ClN4O2S/c1-5-6-16-22-17(26-23-16)12(4)27-19-21-15-8-7-13(20)9-14(15)18(25)24(19)10-11(2)3/h7-9,11-12H,5-6,10H2,1-4H3/t12-/m1/s1. The molecule has 0 spiro atoms. The van der Waals surface area contributed by atoms with Gasteiger partial charge in [0.2, 0.25) is 5.89 Å². The summed E-state index contributed by atoms with van der Waals surface area (Å²) in [5.74, 6) is 1.56. The molecule has 6 nitrogen and oxygen atoms in total. The summed E-state index contributed by atoms with van der Waals surface area (Å²) in [4.78, 5) is 22.2. The van der Waals surface area contributed by atoms with Gasteiger partial charge in [0.1, 0.15) is 0 Å². The first kappa shape index (κ1) is 19.9. The zero-order chi connectivity index (χ0) is 19.6. The van der Waals surface area contributed by atoms with E-state index in [1.807, 2.05) is 6.92 Å². The monoisotopic (exact) mass is 406 g/mol. The summed E-state index contributed by atoms with van der Waals surface area (Å²) in [7, 11) is 0. The van der Waals surface area contributed by atoms with Crippen molar-refractivity contribution >= 4 is 34.3 Å². The molecule has 3 rings (SSSR count). The number of aryl methyl sites for hydroxylation is 1. The molecule has 0 saturated carbocycles. The molecule has 1 aromatic carbocycles. The fourth-order valence-corrected chi connectivity index (χ4v) is 3.88. The summed E-state index contributed by atoms with van der Waals surface area (Å²) in [5, 5.41) is 5.60. The predicted octanol–water partition coefficient (Wildman–Crippen LogP) is 4.89. The van der Waals surface area contributed by atoms with E-state index in [9.17, 15) is 4.79 Å². The Morgan fingerprint density at radius 2 is 2.04 bits per heavy atom. The van der Waals surface area contributed by atoms with Crippen LogP contribution in [0.1, 0.15) is 51.1 Å². The van der Waals surface area contributed by atoms with Crippen LogP contribution in [0.5, 0.6) is 0 Å². The van der Waals surface area contributed by atoms with Gasteiger partial charge in [-0.1, -0.05) is 49.3 Å². The van der Waals surface area contributed by atoms with E-state index in [0.29, 0.717) is 45.3 Å². The number of nitrogens with zero attached hydrogens (tertiary/aromatic N) is 4. The van der Waals surface area contributed by atoms with Gasteiger partial charge in [-0.05, 0) is 37.5 Å². The van der Waals surface area contributed by atoms with Crippen molar-refractivity contribution in [2.24, 2.45) is 5.92 Å². The van der Waals surface area contributed by atoms with Gasteiger partial charge in [-0.25, -0.2) is 4.98 Å². The third-order valence-electron chi connectivity index (χ3n) is 4.02. The maximum atomic E-state index is 13.0. The second-order valence-electron chi connectivity index (χ2n) is 6.92. The molecular formula is C19H23ClN4O2S. The van der Waals surface area contributed by atoms with Crippen LogP contribution < -0.4 is 5.56 Å². The van der Waals surface area contributed by atoms with Gasteiger partial charge in [0.25, 0.3) is 5.56 Å². The number of hydrogen-bond donors (Lipinski definition) is 0. The lowest BCUT2D eigenvalue weighted by Gasteiger charge is -2.16. The lowest BCUT2D eigenvalue weighted by Crippen LogP contribution is -2.25. The van der Waals surface area contributed by atoms with Crippen LogP contribution in [0, 0.1) is 5.92 Å². The molecule has 8 heteroatoms. The van der Waals surface area contributed by atoms with Gasteiger partial charge in [-0.2, -0.15) is 4.98 Å². The molecule has 3 aromatic rings. The first-order valence-corrected chi connectivity index (χ1v) is 10.3. The minimum atomic E-state index is -0.113. The van der Waals surface area contributed by atoms with Gasteiger partial charge in [-0.15, -0.1) is 0 Å². The smallest absolute Gasteiger partial charge is 0.262 e. The van der Waals surface area contributed by atoms with Crippen LogP contribution in [0.25, 0.3) is 10.9 Å². The largest absolute Gasteiger partial charge is 0.338 e. The van der Waals surface area contributed by atoms with Crippen LogP contribution in [0.3, 0.4) is 0 Å². The van der Waals surface area contributed by atoms with Crippen LogP contribution in [0.15, 0.2) is 32.7 Å². The molecule has 1 atom stereocenters. The van der Waals surface area contributed by atoms with Crippen LogP contribution in [0.4, 0.5) is 0 Å². The molecule has 2 heterocycles. The zero-order valence-electron chi connectivity index (χ0n) is 15.9. The Bertz CT molecular complexity index is 999. The molecule has 0 fully saturated rings. The Labute approximate surface area is 167 Å². The highest BCUT2D eigenvalue weighted by Crippen LogP contribution is 2.33. The van der Waals surface area contributed by atoms with Gasteiger partial charge in [-0.3, -0.25) is 9.36 Å². The molecule has 0 amide bonds. The predicted molar refractivity (Wildman–Crippen MR) is 108 cm³/mol. The lowest BCUT2D eigenvalue weighted by atomic mass is 10.2. The number of fused-ring (bicyclic) bond motifs is 1. The normalized spacial score (nSPS) is 12.8. The number of thioether (sulfide) groups is 1. The molecule has 0 aliphatic heterocycles. The third-order valence-corrected chi connectivity index (χ3v) is 5.33. The third kappa shape index (κ3) is 4.52. The van der Waals surface area contributed by atoms with E-state index in [4.69, 9.17) is 21.1 Å². The number of halogens is 1. The molecule has 0 bridgehead atoms. The SMILES string of the molecule is CCCc1noc([C@@H](C)Sc2nc3ccc(Cl)cc3c(=O)n2CC(C)C)n1. The maximum Gasteiger partial charge on any atom is 0.262 e. The maximum absolute atomic E-state index is 13.0. The second kappa shape index (κ2) is 8.44. The quantitative estimate of drug-likeness (QED) is 0.410. The number of rotatable bonds is 7. The second-order valence-corrected chi connectivity index (χ2v) is 8.67. The Hall–Kier alpha value is -1.86. The van der Waals surface area contributed by atoms with E-state index in [1.165, 1.54) is 11.8 Å². The van der Waals surface area contributed by atoms with Crippen molar-refractivity contribution < 1.29 is 4.52 Å². The van der Waals surface area contributed by atoms with Crippen molar-refractivity contribution in [2.75, 3.05) is 0 Å². The Kier molecular flexibility index (Phi) is 6.22. The molecule has 0 aliphatic carbocycles. The highest BCUT2D eigenvalue weighted by molar-refractivity contribution is 7.99. The van der Waals surface area contributed by atoms with Crippen molar-refractivity contribution in [2.45, 2.75) is 57.5 Å². The molecular weight excluding hydrogens is 384 g/mol. The van der Waals surface area contributed by atoms with E-state index < -0.39 is 0 Å². The Balaban J connectivity index is 2.00. The number of hydrogen-bond acceptors (Lipinski definition) is 6. The Morgan fingerprint density at radius 3 is 2.74 bits per heavy atom. The minimum absolute atomic E-state index is 0.0805. The van der Waals surface area contributed by atoms with E-state index >= 15 is 0 Å². The fourth-order valence-electron chi connectivity index (χ4n) is 2.76. The highest BCUT2D eigenvalue weighted by Gasteiger charge is 2.20. The van der Waals surface area contributed by atoms with E-state index in [-0.39, 0.29) is 10.8 Å². The fraction of sp³-hybridized carbons (Fsp3) is 0.474. The summed E-state index contributed by atoms with van der Waals surface area (Å²) < 4.78 is 7.11. The van der Waals surface area contributed by atoms with Crippen LogP contribution >= 0.6 is 23.4 Å². The van der Waals surface area contributed by atoms with E-state index in [2.05, 4.69) is 30.9 Å². The van der Waals surface area contributed by atoms with Gasteiger partial charge >= 0.3 is 0 Å².